The first-order valence-electron chi connectivity index (χ1n) is 9.43. The number of hydrogen-bond donors (Lipinski definition) is 0. The SMILES string of the molecule is Cc1ccccc1OCCN1C(=O)C2(OCCCO2)c2c(C)ccc(C)c21. The van der Waals surface area contributed by atoms with Crippen LogP contribution >= 0.6 is 0 Å². The van der Waals surface area contributed by atoms with Crippen LogP contribution in [0.1, 0.15) is 28.7 Å². The Labute approximate surface area is 159 Å². The van der Waals surface area contributed by atoms with E-state index in [9.17, 15) is 4.79 Å². The van der Waals surface area contributed by atoms with Crippen LogP contribution in [0, 0.1) is 20.8 Å². The highest BCUT2D eigenvalue weighted by Crippen LogP contribution is 2.48. The summed E-state index contributed by atoms with van der Waals surface area (Å²) in [7, 11) is 0. The van der Waals surface area contributed by atoms with Crippen LogP contribution in [0.25, 0.3) is 0 Å². The van der Waals surface area contributed by atoms with Crippen molar-refractivity contribution in [3.63, 3.8) is 0 Å². The number of aryl methyl sites for hydroxylation is 3. The van der Waals surface area contributed by atoms with Crippen molar-refractivity contribution >= 4 is 11.6 Å². The van der Waals surface area contributed by atoms with E-state index in [1.165, 1.54) is 0 Å². The molecule has 0 unspecified atom stereocenters. The lowest BCUT2D eigenvalue weighted by molar-refractivity contribution is -0.257. The Balaban J connectivity index is 1.63. The molecule has 27 heavy (non-hydrogen) atoms. The van der Waals surface area contributed by atoms with Crippen LogP contribution in [0.15, 0.2) is 36.4 Å². The molecular weight excluding hydrogens is 342 g/mol. The maximum atomic E-state index is 13.4. The van der Waals surface area contributed by atoms with Gasteiger partial charge in [-0.05, 0) is 49.9 Å². The smallest absolute Gasteiger partial charge is 0.292 e. The Morgan fingerprint density at radius 3 is 2.44 bits per heavy atom. The molecule has 0 bridgehead atoms. The van der Waals surface area contributed by atoms with E-state index in [0.717, 1.165) is 40.1 Å². The zero-order chi connectivity index (χ0) is 19.0. The number of nitrogens with zero attached hydrogens (tertiary/aromatic N) is 1. The van der Waals surface area contributed by atoms with Gasteiger partial charge in [0.05, 0.1) is 25.4 Å². The van der Waals surface area contributed by atoms with Crippen molar-refractivity contribution in [2.75, 3.05) is 31.3 Å². The summed E-state index contributed by atoms with van der Waals surface area (Å²) >= 11 is 0. The van der Waals surface area contributed by atoms with Crippen LogP contribution in [0.4, 0.5) is 5.69 Å². The predicted octanol–water partition coefficient (Wildman–Crippen LogP) is 3.63. The number of fused-ring (bicyclic) bond motifs is 2. The zero-order valence-corrected chi connectivity index (χ0v) is 16.1. The van der Waals surface area contributed by atoms with Crippen molar-refractivity contribution in [2.45, 2.75) is 33.0 Å². The minimum absolute atomic E-state index is 0.150. The summed E-state index contributed by atoms with van der Waals surface area (Å²) in [6.07, 6.45) is 0.797. The predicted molar refractivity (Wildman–Crippen MR) is 103 cm³/mol. The fourth-order valence-electron chi connectivity index (χ4n) is 3.92. The molecule has 4 rings (SSSR count). The molecule has 2 aromatic rings. The van der Waals surface area contributed by atoms with Crippen molar-refractivity contribution in [3.05, 3.63) is 58.7 Å². The van der Waals surface area contributed by atoms with Crippen LogP contribution in [0.3, 0.4) is 0 Å². The molecule has 142 valence electrons. The van der Waals surface area contributed by atoms with Crippen LogP contribution < -0.4 is 9.64 Å². The minimum atomic E-state index is -1.30. The van der Waals surface area contributed by atoms with Crippen molar-refractivity contribution in [3.8, 4) is 5.75 Å². The number of carbonyl (C=O) groups excluding carboxylic acids is 1. The van der Waals surface area contributed by atoms with E-state index in [2.05, 4.69) is 0 Å². The third kappa shape index (κ3) is 2.91. The normalized spacial score (nSPS) is 18.0. The lowest BCUT2D eigenvalue weighted by Gasteiger charge is -2.33. The van der Waals surface area contributed by atoms with Gasteiger partial charge in [0.25, 0.3) is 11.7 Å². The summed E-state index contributed by atoms with van der Waals surface area (Å²) in [4.78, 5) is 15.1. The number of rotatable bonds is 4. The number of amides is 1. The summed E-state index contributed by atoms with van der Waals surface area (Å²) in [5, 5.41) is 0. The van der Waals surface area contributed by atoms with Crippen molar-refractivity contribution in [2.24, 2.45) is 0 Å². The van der Waals surface area contributed by atoms with E-state index in [4.69, 9.17) is 14.2 Å². The van der Waals surface area contributed by atoms with Gasteiger partial charge in [-0.15, -0.1) is 0 Å². The second-order valence-electron chi connectivity index (χ2n) is 7.16. The molecule has 0 saturated carbocycles. The van der Waals surface area contributed by atoms with E-state index in [-0.39, 0.29) is 5.91 Å². The summed E-state index contributed by atoms with van der Waals surface area (Å²) in [6, 6.07) is 12.0. The lowest BCUT2D eigenvalue weighted by atomic mass is 9.97. The Morgan fingerprint density at radius 2 is 1.70 bits per heavy atom. The van der Waals surface area contributed by atoms with Gasteiger partial charge in [-0.25, -0.2) is 0 Å². The van der Waals surface area contributed by atoms with Crippen molar-refractivity contribution in [1.29, 1.82) is 0 Å². The molecule has 0 aliphatic carbocycles. The molecular formula is C22H25NO4. The number of carbonyl (C=O) groups is 1. The van der Waals surface area contributed by atoms with Gasteiger partial charge in [0.15, 0.2) is 0 Å². The highest BCUT2D eigenvalue weighted by molar-refractivity contribution is 6.07. The summed E-state index contributed by atoms with van der Waals surface area (Å²) in [5.74, 6) is -0.611. The lowest BCUT2D eigenvalue weighted by Crippen LogP contribution is -2.48. The Hall–Kier alpha value is -2.37. The fourth-order valence-corrected chi connectivity index (χ4v) is 3.92. The second-order valence-corrected chi connectivity index (χ2v) is 7.16. The number of para-hydroxylation sites is 1. The summed E-state index contributed by atoms with van der Waals surface area (Å²) in [6.45, 7) is 7.92. The Morgan fingerprint density at radius 1 is 1.00 bits per heavy atom. The quantitative estimate of drug-likeness (QED) is 0.828. The minimum Gasteiger partial charge on any atom is -0.491 e. The van der Waals surface area contributed by atoms with E-state index in [1.54, 1.807) is 4.90 Å². The van der Waals surface area contributed by atoms with Crippen molar-refractivity contribution < 1.29 is 19.0 Å². The average Bonchev–Trinajstić information content (AvgIpc) is 2.91. The molecule has 2 aromatic carbocycles. The zero-order valence-electron chi connectivity index (χ0n) is 16.1. The van der Waals surface area contributed by atoms with Gasteiger partial charge in [0.2, 0.25) is 0 Å². The van der Waals surface area contributed by atoms with E-state index < -0.39 is 5.79 Å². The average molecular weight is 367 g/mol. The largest absolute Gasteiger partial charge is 0.491 e. The van der Waals surface area contributed by atoms with E-state index in [0.29, 0.717) is 26.4 Å². The second kappa shape index (κ2) is 6.98. The summed E-state index contributed by atoms with van der Waals surface area (Å²) < 4.78 is 17.9. The highest BCUT2D eigenvalue weighted by atomic mass is 16.7. The van der Waals surface area contributed by atoms with Crippen LogP contribution in [-0.2, 0) is 20.1 Å². The first-order valence-corrected chi connectivity index (χ1v) is 9.43. The number of ether oxygens (including phenoxy) is 3. The number of anilines is 1. The molecule has 1 amide bonds. The number of hydrogen-bond acceptors (Lipinski definition) is 4. The molecule has 5 heteroatoms. The molecule has 0 N–H and O–H groups in total. The van der Waals surface area contributed by atoms with E-state index in [1.807, 2.05) is 57.2 Å². The molecule has 1 fully saturated rings. The highest BCUT2D eigenvalue weighted by Gasteiger charge is 2.56. The topological polar surface area (TPSA) is 48.0 Å². The third-order valence-electron chi connectivity index (χ3n) is 5.28. The molecule has 2 aliphatic heterocycles. The number of benzene rings is 2. The molecule has 2 aliphatic rings. The van der Waals surface area contributed by atoms with Gasteiger partial charge in [0, 0.05) is 5.56 Å². The van der Waals surface area contributed by atoms with Gasteiger partial charge in [-0.2, -0.15) is 0 Å². The molecule has 0 aromatic heterocycles. The molecule has 5 nitrogen and oxygen atoms in total. The van der Waals surface area contributed by atoms with Gasteiger partial charge < -0.3 is 19.1 Å². The molecule has 2 heterocycles. The third-order valence-corrected chi connectivity index (χ3v) is 5.28. The monoisotopic (exact) mass is 367 g/mol. The van der Waals surface area contributed by atoms with Crippen LogP contribution in [0.5, 0.6) is 5.75 Å². The molecule has 0 radical (unpaired) electrons. The van der Waals surface area contributed by atoms with Gasteiger partial charge >= 0.3 is 0 Å². The molecule has 1 saturated heterocycles. The molecule has 0 atom stereocenters. The van der Waals surface area contributed by atoms with E-state index >= 15 is 0 Å². The maximum absolute atomic E-state index is 13.4. The Kier molecular flexibility index (Phi) is 4.66. The van der Waals surface area contributed by atoms with Crippen molar-refractivity contribution in [1.82, 2.24) is 0 Å². The fraction of sp³-hybridized carbons (Fsp3) is 0.409. The first kappa shape index (κ1) is 18.0. The summed E-state index contributed by atoms with van der Waals surface area (Å²) in [5.41, 5.74) is 4.87. The van der Waals surface area contributed by atoms with Gasteiger partial charge in [0.1, 0.15) is 12.4 Å². The first-order chi connectivity index (χ1) is 13.0. The van der Waals surface area contributed by atoms with Crippen LogP contribution in [-0.4, -0.2) is 32.3 Å². The van der Waals surface area contributed by atoms with Gasteiger partial charge in [-0.3, -0.25) is 4.79 Å². The van der Waals surface area contributed by atoms with Crippen LogP contribution in [0.2, 0.25) is 0 Å². The maximum Gasteiger partial charge on any atom is 0.292 e. The molecule has 1 spiro atoms. The van der Waals surface area contributed by atoms with Gasteiger partial charge in [-0.1, -0.05) is 30.3 Å². The standard InChI is InChI=1S/C22H25NO4/c1-15-7-4-5-8-18(15)25-14-11-23-20-17(3)10-9-16(2)19(20)22(21(23)24)26-12-6-13-27-22/h4-5,7-10H,6,11-14H2,1-3H3. The Bertz CT molecular complexity index is 871.